The summed E-state index contributed by atoms with van der Waals surface area (Å²) in [6.45, 7) is 0. The Morgan fingerprint density at radius 3 is 2.53 bits per heavy atom. The molecule has 0 aromatic heterocycles. The molecule has 10 heteroatoms. The quantitative estimate of drug-likeness (QED) is 0.538. The summed E-state index contributed by atoms with van der Waals surface area (Å²) >= 11 is 1.00. The minimum atomic E-state index is -0.541. The lowest BCUT2D eigenvalue weighted by atomic mass is 9.87. The molecule has 0 radical (unpaired) electrons. The minimum Gasteiger partial charge on any atom is -0.325 e. The van der Waals surface area contributed by atoms with Gasteiger partial charge in [0.15, 0.2) is 0 Å². The van der Waals surface area contributed by atoms with Crippen LogP contribution < -0.4 is 10.6 Å². The number of rotatable bonds is 6. The summed E-state index contributed by atoms with van der Waals surface area (Å²) in [6.07, 6.45) is 0.0492. The van der Waals surface area contributed by atoms with Gasteiger partial charge in [-0.1, -0.05) is 23.9 Å². The van der Waals surface area contributed by atoms with Crippen LogP contribution in [0.4, 0.5) is 15.8 Å². The Hall–Kier alpha value is -3.71. The summed E-state index contributed by atoms with van der Waals surface area (Å²) < 4.78 is 13.2. The molecular formula is C20H15FN4O4S. The van der Waals surface area contributed by atoms with E-state index in [2.05, 4.69) is 16.7 Å². The lowest BCUT2D eigenvalue weighted by Crippen LogP contribution is -2.31. The SMILES string of the molecule is N#CC1=C(SCC(=O)Nc2ccc([N+](=O)[O-])cc2)NC(=O)C[C@@H]1c1ccc(F)cc1. The van der Waals surface area contributed by atoms with Crippen molar-refractivity contribution in [3.8, 4) is 6.07 Å². The number of non-ortho nitro benzene ring substituents is 1. The molecule has 1 aliphatic rings. The zero-order valence-corrected chi connectivity index (χ0v) is 16.2. The number of carbonyl (C=O) groups is 2. The first-order valence-corrected chi connectivity index (χ1v) is 9.72. The molecule has 2 aromatic carbocycles. The van der Waals surface area contributed by atoms with E-state index in [9.17, 15) is 29.4 Å². The van der Waals surface area contributed by atoms with Gasteiger partial charge >= 0.3 is 0 Å². The predicted octanol–water partition coefficient (Wildman–Crippen LogP) is 3.44. The van der Waals surface area contributed by atoms with E-state index in [-0.39, 0.29) is 28.8 Å². The molecule has 0 spiro atoms. The first kappa shape index (κ1) is 21.0. The van der Waals surface area contributed by atoms with Crippen LogP contribution in [0.3, 0.4) is 0 Å². The number of nitrogens with zero attached hydrogens (tertiary/aromatic N) is 2. The Kier molecular flexibility index (Phi) is 6.44. The van der Waals surface area contributed by atoms with Crippen LogP contribution in [-0.4, -0.2) is 22.5 Å². The van der Waals surface area contributed by atoms with Gasteiger partial charge in [-0.3, -0.25) is 19.7 Å². The molecule has 0 fully saturated rings. The van der Waals surface area contributed by atoms with Crippen molar-refractivity contribution in [1.82, 2.24) is 5.32 Å². The fourth-order valence-electron chi connectivity index (χ4n) is 2.91. The topological polar surface area (TPSA) is 125 Å². The number of nitriles is 1. The average Bonchev–Trinajstić information content (AvgIpc) is 2.72. The lowest BCUT2D eigenvalue weighted by molar-refractivity contribution is -0.384. The fourth-order valence-corrected chi connectivity index (χ4v) is 3.79. The standard InChI is InChI=1S/C20H15FN4O4S/c21-13-3-1-12(2-4-13)16-9-18(26)24-20(17(16)10-22)30-11-19(27)23-14-5-7-15(8-6-14)25(28)29/h1-8,16H,9,11H2,(H,23,27)(H,24,26)/t16-/m1/s1. The van der Waals surface area contributed by atoms with Gasteiger partial charge in [0.25, 0.3) is 5.69 Å². The Bertz CT molecular complexity index is 1060. The normalized spacial score (nSPS) is 15.9. The summed E-state index contributed by atoms with van der Waals surface area (Å²) in [5.41, 5.74) is 1.23. The second-order valence-electron chi connectivity index (χ2n) is 6.35. The monoisotopic (exact) mass is 426 g/mol. The van der Waals surface area contributed by atoms with Crippen molar-refractivity contribution < 1.29 is 18.9 Å². The van der Waals surface area contributed by atoms with Crippen LogP contribution in [0.1, 0.15) is 17.9 Å². The molecule has 0 saturated heterocycles. The number of carbonyl (C=O) groups excluding carboxylic acids is 2. The molecule has 1 heterocycles. The molecule has 2 aromatic rings. The Balaban J connectivity index is 1.70. The highest BCUT2D eigenvalue weighted by atomic mass is 32.2. The molecule has 3 rings (SSSR count). The molecule has 2 N–H and O–H groups in total. The number of benzene rings is 2. The fraction of sp³-hybridized carbons (Fsp3) is 0.150. The van der Waals surface area contributed by atoms with Crippen LogP contribution in [0, 0.1) is 27.3 Å². The molecular weight excluding hydrogens is 411 g/mol. The van der Waals surface area contributed by atoms with Gasteiger partial charge in [-0.05, 0) is 29.8 Å². The molecule has 30 heavy (non-hydrogen) atoms. The first-order valence-electron chi connectivity index (χ1n) is 8.74. The second kappa shape index (κ2) is 9.19. The van der Waals surface area contributed by atoms with Gasteiger partial charge in [0.2, 0.25) is 11.8 Å². The van der Waals surface area contributed by atoms with E-state index in [0.717, 1.165) is 11.8 Å². The van der Waals surface area contributed by atoms with Gasteiger partial charge in [-0.15, -0.1) is 0 Å². The van der Waals surface area contributed by atoms with Crippen molar-refractivity contribution in [1.29, 1.82) is 5.26 Å². The minimum absolute atomic E-state index is 0.0492. The largest absolute Gasteiger partial charge is 0.325 e. The number of hydrogen-bond acceptors (Lipinski definition) is 6. The molecule has 8 nitrogen and oxygen atoms in total. The van der Waals surface area contributed by atoms with Crippen molar-refractivity contribution in [3.63, 3.8) is 0 Å². The maximum Gasteiger partial charge on any atom is 0.269 e. The van der Waals surface area contributed by atoms with Crippen molar-refractivity contribution >= 4 is 35.0 Å². The van der Waals surface area contributed by atoms with E-state index in [1.54, 1.807) is 0 Å². The first-order chi connectivity index (χ1) is 14.4. The summed E-state index contributed by atoms with van der Waals surface area (Å²) in [6, 6.07) is 13.0. The van der Waals surface area contributed by atoms with Crippen molar-refractivity contribution in [2.75, 3.05) is 11.1 Å². The zero-order valence-electron chi connectivity index (χ0n) is 15.4. The summed E-state index contributed by atoms with van der Waals surface area (Å²) in [5.74, 6) is -1.74. The van der Waals surface area contributed by atoms with Crippen LogP contribution in [0.2, 0.25) is 0 Å². The highest BCUT2D eigenvalue weighted by Gasteiger charge is 2.29. The average molecular weight is 426 g/mol. The summed E-state index contributed by atoms with van der Waals surface area (Å²) in [5, 5.41) is 25.8. The van der Waals surface area contributed by atoms with Crippen LogP contribution in [-0.2, 0) is 9.59 Å². The number of thioether (sulfide) groups is 1. The van der Waals surface area contributed by atoms with E-state index in [0.29, 0.717) is 16.8 Å². The third-order valence-electron chi connectivity index (χ3n) is 4.34. The molecule has 1 aliphatic heterocycles. The van der Waals surface area contributed by atoms with E-state index in [1.807, 2.05) is 0 Å². The molecule has 0 aliphatic carbocycles. The Morgan fingerprint density at radius 2 is 1.93 bits per heavy atom. The smallest absolute Gasteiger partial charge is 0.269 e. The lowest BCUT2D eigenvalue weighted by Gasteiger charge is -2.25. The number of nitro benzene ring substituents is 1. The number of allylic oxidation sites excluding steroid dienone is 1. The maximum absolute atomic E-state index is 13.2. The zero-order chi connectivity index (χ0) is 21.7. The number of nitro groups is 1. The van der Waals surface area contributed by atoms with Crippen molar-refractivity contribution in [2.24, 2.45) is 0 Å². The van der Waals surface area contributed by atoms with Crippen LogP contribution in [0.25, 0.3) is 0 Å². The molecule has 152 valence electrons. The van der Waals surface area contributed by atoms with Crippen molar-refractivity contribution in [2.45, 2.75) is 12.3 Å². The molecule has 0 bridgehead atoms. The van der Waals surface area contributed by atoms with Gasteiger partial charge in [-0.25, -0.2) is 4.39 Å². The molecule has 1 atom stereocenters. The highest BCUT2D eigenvalue weighted by molar-refractivity contribution is 8.03. The summed E-state index contributed by atoms with van der Waals surface area (Å²) in [7, 11) is 0. The molecule has 0 saturated carbocycles. The van der Waals surface area contributed by atoms with Gasteiger partial charge in [0, 0.05) is 30.2 Å². The van der Waals surface area contributed by atoms with E-state index in [4.69, 9.17) is 0 Å². The Morgan fingerprint density at radius 1 is 1.27 bits per heavy atom. The van der Waals surface area contributed by atoms with Crippen molar-refractivity contribution in [3.05, 3.63) is 80.6 Å². The van der Waals surface area contributed by atoms with E-state index >= 15 is 0 Å². The third-order valence-corrected chi connectivity index (χ3v) is 5.36. The van der Waals surface area contributed by atoms with E-state index < -0.39 is 22.6 Å². The number of nitrogens with one attached hydrogen (secondary N) is 2. The third kappa shape index (κ3) is 5.01. The Labute approximate surface area is 174 Å². The molecule has 2 amide bonds. The van der Waals surface area contributed by atoms with Crippen LogP contribution in [0.15, 0.2) is 59.1 Å². The number of halogens is 1. The number of hydrogen-bond donors (Lipinski definition) is 2. The van der Waals surface area contributed by atoms with Gasteiger partial charge in [0.1, 0.15) is 5.82 Å². The second-order valence-corrected chi connectivity index (χ2v) is 7.34. The number of anilines is 1. The van der Waals surface area contributed by atoms with Gasteiger partial charge in [-0.2, -0.15) is 5.26 Å². The summed E-state index contributed by atoms with van der Waals surface area (Å²) in [4.78, 5) is 34.5. The maximum atomic E-state index is 13.2. The highest BCUT2D eigenvalue weighted by Crippen LogP contribution is 2.36. The van der Waals surface area contributed by atoms with Crippen LogP contribution >= 0.6 is 11.8 Å². The van der Waals surface area contributed by atoms with E-state index in [1.165, 1.54) is 48.5 Å². The van der Waals surface area contributed by atoms with Gasteiger partial charge in [0.05, 0.1) is 27.3 Å². The molecule has 0 unspecified atom stereocenters. The van der Waals surface area contributed by atoms with Gasteiger partial charge < -0.3 is 10.6 Å². The van der Waals surface area contributed by atoms with Crippen LogP contribution in [0.5, 0.6) is 0 Å². The predicted molar refractivity (Wildman–Crippen MR) is 109 cm³/mol. The number of amides is 2.